The van der Waals surface area contributed by atoms with Gasteiger partial charge in [0.25, 0.3) is 0 Å². The van der Waals surface area contributed by atoms with E-state index >= 15 is 0 Å². The second-order valence-corrected chi connectivity index (χ2v) is 7.77. The number of rotatable bonds is 7. The number of pyridine rings is 1. The smallest absolute Gasteiger partial charge is 0.233 e. The molecular weight excluding hydrogens is 382 g/mol. The molecule has 3 aromatic rings. The molecule has 0 saturated heterocycles. The van der Waals surface area contributed by atoms with Crippen LogP contribution in [0.5, 0.6) is 5.75 Å². The SMILES string of the molecule is C=C(C)c1ccncc1OC1CCC(c2cc(NC(=O)Cc3cc(C)no3)n[nH]2)C1. The molecule has 0 radical (unpaired) electrons. The van der Waals surface area contributed by atoms with Crippen LogP contribution in [0.15, 0.2) is 41.7 Å². The third-order valence-electron chi connectivity index (χ3n) is 5.24. The van der Waals surface area contributed by atoms with E-state index in [9.17, 15) is 4.79 Å². The summed E-state index contributed by atoms with van der Waals surface area (Å²) < 4.78 is 11.3. The van der Waals surface area contributed by atoms with E-state index < -0.39 is 0 Å². The van der Waals surface area contributed by atoms with Crippen molar-refractivity contribution in [1.29, 1.82) is 0 Å². The van der Waals surface area contributed by atoms with Gasteiger partial charge in [0.1, 0.15) is 11.5 Å². The van der Waals surface area contributed by atoms with Gasteiger partial charge < -0.3 is 14.6 Å². The Morgan fingerprint density at radius 1 is 1.40 bits per heavy atom. The van der Waals surface area contributed by atoms with Crippen molar-refractivity contribution in [2.24, 2.45) is 0 Å². The van der Waals surface area contributed by atoms with Crippen LogP contribution in [0.3, 0.4) is 0 Å². The third-order valence-corrected chi connectivity index (χ3v) is 5.24. The lowest BCUT2D eigenvalue weighted by atomic mass is 10.0. The van der Waals surface area contributed by atoms with Crippen LogP contribution in [0.1, 0.15) is 54.8 Å². The Morgan fingerprint density at radius 2 is 2.27 bits per heavy atom. The standard InChI is InChI=1S/C22H25N5O3/c1-13(2)18-6-7-23-12-20(18)29-16-5-4-15(9-16)19-11-21(26-25-19)24-22(28)10-17-8-14(3)27-30-17/h6-8,11-12,15-16H,1,4-5,9-10H2,2-3H3,(H2,24,25,26,28). The van der Waals surface area contributed by atoms with Gasteiger partial charge in [0.2, 0.25) is 5.91 Å². The highest BCUT2D eigenvalue weighted by molar-refractivity contribution is 5.91. The van der Waals surface area contributed by atoms with E-state index in [1.54, 1.807) is 18.5 Å². The van der Waals surface area contributed by atoms with Crippen molar-refractivity contribution in [3.05, 3.63) is 59.9 Å². The fourth-order valence-electron chi connectivity index (χ4n) is 3.79. The molecule has 0 aromatic carbocycles. The number of aromatic amines is 1. The number of carbonyl (C=O) groups excluding carboxylic acids is 1. The minimum absolute atomic E-state index is 0.105. The summed E-state index contributed by atoms with van der Waals surface area (Å²) >= 11 is 0. The van der Waals surface area contributed by atoms with Crippen LogP contribution < -0.4 is 10.1 Å². The molecule has 4 rings (SSSR count). The number of aryl methyl sites for hydroxylation is 1. The predicted octanol–water partition coefficient (Wildman–Crippen LogP) is 4.03. The molecule has 30 heavy (non-hydrogen) atoms. The van der Waals surface area contributed by atoms with Gasteiger partial charge in [-0.15, -0.1) is 0 Å². The van der Waals surface area contributed by atoms with E-state index in [-0.39, 0.29) is 18.4 Å². The average Bonchev–Trinajstić information content (AvgIpc) is 3.44. The molecule has 8 heteroatoms. The molecule has 2 unspecified atom stereocenters. The largest absolute Gasteiger partial charge is 0.488 e. The summed E-state index contributed by atoms with van der Waals surface area (Å²) in [4.78, 5) is 16.4. The van der Waals surface area contributed by atoms with E-state index in [1.807, 2.05) is 26.0 Å². The summed E-state index contributed by atoms with van der Waals surface area (Å²) in [6.07, 6.45) is 6.53. The normalized spacial score (nSPS) is 18.3. The van der Waals surface area contributed by atoms with Crippen molar-refractivity contribution in [3.63, 3.8) is 0 Å². The first-order valence-electron chi connectivity index (χ1n) is 10.0. The summed E-state index contributed by atoms with van der Waals surface area (Å²) in [5.74, 6) is 1.92. The number of carbonyl (C=O) groups is 1. The predicted molar refractivity (Wildman–Crippen MR) is 112 cm³/mol. The highest BCUT2D eigenvalue weighted by atomic mass is 16.5. The van der Waals surface area contributed by atoms with Crippen LogP contribution in [0.4, 0.5) is 5.82 Å². The maximum Gasteiger partial charge on any atom is 0.233 e. The number of amides is 1. The molecule has 1 aliphatic carbocycles. The third kappa shape index (κ3) is 4.59. The zero-order valence-electron chi connectivity index (χ0n) is 17.1. The van der Waals surface area contributed by atoms with Crippen LogP contribution in [-0.4, -0.2) is 32.3 Å². The zero-order chi connectivity index (χ0) is 21.1. The van der Waals surface area contributed by atoms with E-state index in [4.69, 9.17) is 9.26 Å². The van der Waals surface area contributed by atoms with Crippen LogP contribution >= 0.6 is 0 Å². The molecule has 8 nitrogen and oxygen atoms in total. The summed E-state index contributed by atoms with van der Waals surface area (Å²) in [5, 5.41) is 13.9. The first kappa shape index (κ1) is 19.9. The van der Waals surface area contributed by atoms with Crippen molar-refractivity contribution >= 4 is 17.3 Å². The molecule has 156 valence electrons. The number of aromatic nitrogens is 4. The summed E-state index contributed by atoms with van der Waals surface area (Å²) in [6, 6.07) is 5.56. The van der Waals surface area contributed by atoms with Gasteiger partial charge in [-0.05, 0) is 44.7 Å². The molecule has 1 fully saturated rings. The highest BCUT2D eigenvalue weighted by Gasteiger charge is 2.29. The number of hydrogen-bond donors (Lipinski definition) is 2. The van der Waals surface area contributed by atoms with Gasteiger partial charge in [-0.2, -0.15) is 5.10 Å². The monoisotopic (exact) mass is 407 g/mol. The van der Waals surface area contributed by atoms with Gasteiger partial charge in [-0.3, -0.25) is 14.9 Å². The zero-order valence-corrected chi connectivity index (χ0v) is 17.1. The first-order chi connectivity index (χ1) is 14.5. The Labute approximate surface area is 174 Å². The van der Waals surface area contributed by atoms with E-state index in [0.717, 1.165) is 47.5 Å². The summed E-state index contributed by atoms with van der Waals surface area (Å²) in [5.41, 5.74) is 3.69. The van der Waals surface area contributed by atoms with Crippen molar-refractivity contribution in [1.82, 2.24) is 20.3 Å². The first-order valence-corrected chi connectivity index (χ1v) is 10.0. The molecular formula is C22H25N5O3. The second kappa shape index (κ2) is 8.52. The van der Waals surface area contributed by atoms with E-state index in [0.29, 0.717) is 17.5 Å². The molecule has 0 spiro atoms. The van der Waals surface area contributed by atoms with Gasteiger partial charge in [-0.25, -0.2) is 0 Å². The Kier molecular flexibility index (Phi) is 5.65. The van der Waals surface area contributed by atoms with Crippen LogP contribution in [0.2, 0.25) is 0 Å². The van der Waals surface area contributed by atoms with Crippen molar-refractivity contribution in [3.8, 4) is 5.75 Å². The number of nitrogens with zero attached hydrogens (tertiary/aromatic N) is 3. The molecule has 3 heterocycles. The Morgan fingerprint density at radius 3 is 3.03 bits per heavy atom. The Bertz CT molecular complexity index is 1050. The van der Waals surface area contributed by atoms with Crippen LogP contribution in [-0.2, 0) is 11.2 Å². The van der Waals surface area contributed by atoms with Crippen LogP contribution in [0, 0.1) is 6.92 Å². The van der Waals surface area contributed by atoms with Crippen molar-refractivity contribution in [2.45, 2.75) is 51.6 Å². The van der Waals surface area contributed by atoms with Gasteiger partial charge in [-0.1, -0.05) is 11.7 Å². The molecule has 2 atom stereocenters. The average molecular weight is 407 g/mol. The molecule has 0 bridgehead atoms. The minimum Gasteiger partial charge on any atom is -0.488 e. The second-order valence-electron chi connectivity index (χ2n) is 7.77. The highest BCUT2D eigenvalue weighted by Crippen LogP contribution is 2.37. The fourth-order valence-corrected chi connectivity index (χ4v) is 3.79. The lowest BCUT2D eigenvalue weighted by Crippen LogP contribution is -2.14. The lowest BCUT2D eigenvalue weighted by Gasteiger charge is -2.16. The maximum absolute atomic E-state index is 12.2. The van der Waals surface area contributed by atoms with Crippen LogP contribution in [0.25, 0.3) is 5.57 Å². The van der Waals surface area contributed by atoms with E-state index in [2.05, 4.69) is 32.2 Å². The van der Waals surface area contributed by atoms with Gasteiger partial charge in [0.15, 0.2) is 5.82 Å². The molecule has 1 saturated carbocycles. The number of allylic oxidation sites excluding steroid dienone is 1. The number of anilines is 1. The molecule has 3 aromatic heterocycles. The number of nitrogens with one attached hydrogen (secondary N) is 2. The Hall–Kier alpha value is -3.42. The van der Waals surface area contributed by atoms with Crippen molar-refractivity contribution in [2.75, 3.05) is 5.32 Å². The van der Waals surface area contributed by atoms with Gasteiger partial charge >= 0.3 is 0 Å². The molecule has 2 N–H and O–H groups in total. The molecule has 1 amide bonds. The Balaban J connectivity index is 1.33. The number of hydrogen-bond acceptors (Lipinski definition) is 6. The molecule has 0 aliphatic heterocycles. The van der Waals surface area contributed by atoms with Gasteiger partial charge in [0, 0.05) is 35.5 Å². The minimum atomic E-state index is -0.194. The lowest BCUT2D eigenvalue weighted by molar-refractivity contribution is -0.115. The quantitative estimate of drug-likeness (QED) is 0.612. The molecule has 1 aliphatic rings. The summed E-state index contributed by atoms with van der Waals surface area (Å²) in [6.45, 7) is 7.79. The summed E-state index contributed by atoms with van der Waals surface area (Å²) in [7, 11) is 0. The van der Waals surface area contributed by atoms with Crippen molar-refractivity contribution < 1.29 is 14.1 Å². The fraction of sp³-hybridized carbons (Fsp3) is 0.364. The van der Waals surface area contributed by atoms with Gasteiger partial charge in [0.05, 0.1) is 24.4 Å². The number of H-pyrrole nitrogens is 1. The number of ether oxygens (including phenoxy) is 1. The van der Waals surface area contributed by atoms with E-state index in [1.165, 1.54) is 0 Å². The maximum atomic E-state index is 12.2. The topological polar surface area (TPSA) is 106 Å².